The Hall–Kier alpha value is -0.750. The largest absolute Gasteiger partial charge is 0.353 e. The van der Waals surface area contributed by atoms with E-state index in [2.05, 4.69) is 0 Å². The highest BCUT2D eigenvalue weighted by Crippen LogP contribution is 2.36. The van der Waals surface area contributed by atoms with Crippen LogP contribution in [0.3, 0.4) is 0 Å². The third-order valence-corrected chi connectivity index (χ3v) is 3.96. The second-order valence-electron chi connectivity index (χ2n) is 6.13. The molecule has 5 nitrogen and oxygen atoms in total. The second kappa shape index (κ2) is 5.22. The highest BCUT2D eigenvalue weighted by Gasteiger charge is 2.50. The third kappa shape index (κ3) is 2.68. The number of fused-ring (bicyclic) bond motifs is 1. The van der Waals surface area contributed by atoms with Crippen LogP contribution < -0.4 is 0 Å². The van der Waals surface area contributed by atoms with Crippen molar-refractivity contribution in [2.24, 2.45) is 0 Å². The molecule has 0 saturated carbocycles. The highest BCUT2D eigenvalue weighted by atomic mass is 16.8. The molecule has 1 unspecified atom stereocenters. The predicted octanol–water partition coefficient (Wildman–Crippen LogP) is 1.95. The van der Waals surface area contributed by atoms with Crippen LogP contribution in [0, 0.1) is 0 Å². The minimum absolute atomic E-state index is 0.0262. The van der Waals surface area contributed by atoms with E-state index < -0.39 is 11.9 Å². The zero-order chi connectivity index (χ0) is 14.3. The Bertz CT molecular complexity index is 422. The molecule has 2 aliphatic heterocycles. The average molecular weight is 282 g/mol. The zero-order valence-corrected chi connectivity index (χ0v) is 12.3. The van der Waals surface area contributed by atoms with E-state index in [9.17, 15) is 4.79 Å². The molecule has 0 N–H and O–H groups in total. The Morgan fingerprint density at radius 3 is 2.80 bits per heavy atom. The topological polar surface area (TPSA) is 54.0 Å². The molecule has 4 atom stereocenters. The lowest BCUT2D eigenvalue weighted by Crippen LogP contribution is -2.48. The minimum atomic E-state index is -0.689. The predicted molar refractivity (Wildman–Crippen MR) is 71.1 cm³/mol. The smallest absolute Gasteiger partial charge is 0.189 e. The van der Waals surface area contributed by atoms with Gasteiger partial charge in [-0.1, -0.05) is 0 Å². The molecule has 0 aromatic carbocycles. The Balaban J connectivity index is 1.77. The summed E-state index contributed by atoms with van der Waals surface area (Å²) in [6.07, 6.45) is 3.24. The molecule has 2 heterocycles. The molecule has 0 spiro atoms. The fourth-order valence-corrected chi connectivity index (χ4v) is 3.00. The van der Waals surface area contributed by atoms with E-state index in [1.165, 1.54) is 0 Å². The van der Waals surface area contributed by atoms with Gasteiger partial charge in [-0.3, -0.25) is 4.79 Å². The van der Waals surface area contributed by atoms with Crippen molar-refractivity contribution in [1.29, 1.82) is 0 Å². The molecule has 0 amide bonds. The number of hydrogen-bond donors (Lipinski definition) is 0. The van der Waals surface area contributed by atoms with Gasteiger partial charge in [0.2, 0.25) is 0 Å². The minimum Gasteiger partial charge on any atom is -0.353 e. The van der Waals surface area contributed by atoms with Crippen molar-refractivity contribution in [3.8, 4) is 0 Å². The molecule has 3 rings (SSSR count). The van der Waals surface area contributed by atoms with Gasteiger partial charge in [-0.2, -0.15) is 0 Å². The molecule has 3 aliphatic rings. The van der Waals surface area contributed by atoms with Gasteiger partial charge in [0.1, 0.15) is 12.2 Å². The van der Waals surface area contributed by atoms with Crippen LogP contribution in [0.4, 0.5) is 0 Å². The SMILES string of the molecule is CC1=C[C@H]2OC(C)(C)O[C@H]2[C@@H](OC2CCCCO2)C1=O. The van der Waals surface area contributed by atoms with Crippen molar-refractivity contribution in [2.45, 2.75) is 70.4 Å². The van der Waals surface area contributed by atoms with Crippen LogP contribution in [0.5, 0.6) is 0 Å². The van der Waals surface area contributed by atoms with E-state index in [4.69, 9.17) is 18.9 Å². The number of carbonyl (C=O) groups is 1. The van der Waals surface area contributed by atoms with Crippen LogP contribution in [0.2, 0.25) is 0 Å². The van der Waals surface area contributed by atoms with E-state index in [1.807, 2.05) is 19.9 Å². The number of carbonyl (C=O) groups excluding carboxylic acids is 1. The summed E-state index contributed by atoms with van der Waals surface area (Å²) in [4.78, 5) is 12.4. The van der Waals surface area contributed by atoms with Gasteiger partial charge in [-0.05, 0) is 51.7 Å². The third-order valence-electron chi connectivity index (χ3n) is 3.96. The Kier molecular flexibility index (Phi) is 3.71. The van der Waals surface area contributed by atoms with E-state index in [0.29, 0.717) is 12.2 Å². The van der Waals surface area contributed by atoms with Gasteiger partial charge in [-0.15, -0.1) is 0 Å². The summed E-state index contributed by atoms with van der Waals surface area (Å²) < 4.78 is 23.2. The lowest BCUT2D eigenvalue weighted by molar-refractivity contribution is -0.216. The molecule has 20 heavy (non-hydrogen) atoms. The fraction of sp³-hybridized carbons (Fsp3) is 0.800. The van der Waals surface area contributed by atoms with Gasteiger partial charge in [0.15, 0.2) is 24.0 Å². The Morgan fingerprint density at radius 1 is 1.30 bits per heavy atom. The van der Waals surface area contributed by atoms with Crippen LogP contribution >= 0.6 is 0 Å². The van der Waals surface area contributed by atoms with E-state index in [0.717, 1.165) is 19.3 Å². The van der Waals surface area contributed by atoms with E-state index in [1.54, 1.807) is 6.92 Å². The number of hydrogen-bond acceptors (Lipinski definition) is 5. The summed E-state index contributed by atoms with van der Waals surface area (Å²) in [6.45, 7) is 6.20. The lowest BCUT2D eigenvalue weighted by atomic mass is 9.91. The molecular formula is C15H22O5. The van der Waals surface area contributed by atoms with Crippen LogP contribution in [-0.4, -0.2) is 42.8 Å². The normalized spacial score (nSPS) is 40.4. The molecule has 0 bridgehead atoms. The highest BCUT2D eigenvalue weighted by molar-refractivity contribution is 6.00. The van der Waals surface area contributed by atoms with Gasteiger partial charge in [0, 0.05) is 6.61 Å². The first-order valence-electron chi connectivity index (χ1n) is 7.32. The molecule has 2 fully saturated rings. The first-order valence-corrected chi connectivity index (χ1v) is 7.32. The van der Waals surface area contributed by atoms with E-state index in [-0.39, 0.29) is 24.3 Å². The van der Waals surface area contributed by atoms with Crippen LogP contribution in [0.1, 0.15) is 40.0 Å². The number of ether oxygens (including phenoxy) is 4. The summed E-state index contributed by atoms with van der Waals surface area (Å²) in [6, 6.07) is 0. The molecule has 0 aromatic heterocycles. The van der Waals surface area contributed by atoms with Gasteiger partial charge < -0.3 is 18.9 Å². The van der Waals surface area contributed by atoms with Crippen molar-refractivity contribution in [2.75, 3.05) is 6.61 Å². The molecule has 0 radical (unpaired) electrons. The van der Waals surface area contributed by atoms with Crippen molar-refractivity contribution in [3.05, 3.63) is 11.6 Å². The Morgan fingerprint density at radius 2 is 2.10 bits per heavy atom. The maximum atomic E-state index is 12.4. The number of Topliss-reactive ketones (excluding diaryl/α,β-unsaturated/α-hetero) is 1. The maximum absolute atomic E-state index is 12.4. The van der Waals surface area contributed by atoms with Crippen LogP contribution in [0.15, 0.2) is 11.6 Å². The van der Waals surface area contributed by atoms with Gasteiger partial charge >= 0.3 is 0 Å². The number of ketones is 1. The Labute approximate surface area is 119 Å². The van der Waals surface area contributed by atoms with Crippen molar-refractivity contribution < 1.29 is 23.7 Å². The molecular weight excluding hydrogens is 260 g/mol. The lowest BCUT2D eigenvalue weighted by Gasteiger charge is -2.33. The second-order valence-corrected chi connectivity index (χ2v) is 6.13. The van der Waals surface area contributed by atoms with Gasteiger partial charge in [0.25, 0.3) is 0 Å². The first kappa shape index (κ1) is 14.2. The zero-order valence-electron chi connectivity index (χ0n) is 12.3. The molecule has 112 valence electrons. The van der Waals surface area contributed by atoms with Gasteiger partial charge in [-0.25, -0.2) is 0 Å². The quantitative estimate of drug-likeness (QED) is 0.775. The average Bonchev–Trinajstić information content (AvgIpc) is 2.70. The van der Waals surface area contributed by atoms with Crippen molar-refractivity contribution >= 4 is 5.78 Å². The van der Waals surface area contributed by atoms with Crippen LogP contribution in [-0.2, 0) is 23.7 Å². The van der Waals surface area contributed by atoms with E-state index >= 15 is 0 Å². The maximum Gasteiger partial charge on any atom is 0.189 e. The number of rotatable bonds is 2. The van der Waals surface area contributed by atoms with Gasteiger partial charge in [0.05, 0.1) is 0 Å². The summed E-state index contributed by atoms with van der Waals surface area (Å²) in [7, 11) is 0. The monoisotopic (exact) mass is 282 g/mol. The summed E-state index contributed by atoms with van der Waals surface area (Å²) in [5.41, 5.74) is 0.674. The fourth-order valence-electron chi connectivity index (χ4n) is 3.00. The first-order chi connectivity index (χ1) is 9.46. The van der Waals surface area contributed by atoms with Crippen molar-refractivity contribution in [3.63, 3.8) is 0 Å². The van der Waals surface area contributed by atoms with Crippen molar-refractivity contribution in [1.82, 2.24) is 0 Å². The van der Waals surface area contributed by atoms with Crippen LogP contribution in [0.25, 0.3) is 0 Å². The summed E-state index contributed by atoms with van der Waals surface area (Å²) in [5, 5.41) is 0. The summed E-state index contributed by atoms with van der Waals surface area (Å²) >= 11 is 0. The molecule has 5 heteroatoms. The molecule has 2 saturated heterocycles. The molecule has 1 aliphatic carbocycles. The standard InChI is InChI=1S/C15H22O5/c1-9-8-10-13(20-15(2,3)19-10)14(12(9)16)18-11-6-4-5-7-17-11/h8,10-11,13-14H,4-7H2,1-3H3/t10-,11?,13-,14+/m1/s1. The molecule has 0 aromatic rings. The summed E-state index contributed by atoms with van der Waals surface area (Å²) in [5.74, 6) is -0.715.